The summed E-state index contributed by atoms with van der Waals surface area (Å²) in [6.07, 6.45) is 6.13. The van der Waals surface area contributed by atoms with Crippen LogP contribution in [0.25, 0.3) is 0 Å². The van der Waals surface area contributed by atoms with Gasteiger partial charge in [0.25, 0.3) is 0 Å². The molecule has 4 aliphatic heterocycles. The van der Waals surface area contributed by atoms with E-state index in [9.17, 15) is 42.3 Å². The van der Waals surface area contributed by atoms with Gasteiger partial charge in [-0.1, -0.05) is 0 Å². The highest BCUT2D eigenvalue weighted by atomic mass is 19.1. The van der Waals surface area contributed by atoms with Crippen LogP contribution >= 0.6 is 0 Å². The van der Waals surface area contributed by atoms with Crippen LogP contribution in [0.2, 0.25) is 0 Å². The maximum absolute atomic E-state index is 14.7. The zero-order chi connectivity index (χ0) is 44.1. The van der Waals surface area contributed by atoms with Crippen molar-refractivity contribution in [2.75, 3.05) is 43.9 Å². The number of anilines is 2. The highest BCUT2D eigenvalue weighted by Gasteiger charge is 2.47. The zero-order valence-corrected chi connectivity index (χ0v) is 34.6. The number of cyclic esters (lactones) is 1. The molecule has 0 aromatic heterocycles. The number of rotatable bonds is 7. The molecule has 0 unspecified atom stereocenters. The van der Waals surface area contributed by atoms with Crippen LogP contribution in [0, 0.1) is 29.9 Å². The van der Waals surface area contributed by atoms with Gasteiger partial charge in [-0.15, -0.1) is 12.3 Å². The highest BCUT2D eigenvalue weighted by Crippen LogP contribution is 2.29. The third-order valence-corrected chi connectivity index (χ3v) is 11.7. The Bertz CT molecular complexity index is 2060. The van der Waals surface area contributed by atoms with Crippen LogP contribution in [-0.4, -0.2) is 132 Å². The minimum Gasteiger partial charge on any atom is -0.458 e. The Kier molecular flexibility index (Phi) is 13.8. The number of hydrogen-bond acceptors (Lipinski definition) is 9. The molecular formula is C43H52F2N8O8. The van der Waals surface area contributed by atoms with E-state index in [1.807, 2.05) is 19.0 Å². The SMILES string of the molecule is C#C[C@@H]1C[C@H]2C(=O)O[C@@H](C)[C@H](NC(=O)[C@H](Cc3cc(F)cc(F)c3)NC(=O)Nc3ccc(N(C)C)cc3)C(=O)N3CCC[C@H]3C(=O)N3CCCC[C@H]3C(=O)N[C@@H](C)C(=O)N2C1. The van der Waals surface area contributed by atoms with Crippen molar-refractivity contribution >= 4 is 52.9 Å². The second-order valence-electron chi connectivity index (χ2n) is 16.3. The van der Waals surface area contributed by atoms with Gasteiger partial charge in [-0.05, 0) is 94.3 Å². The quantitative estimate of drug-likeness (QED) is 0.239. The number of nitrogens with zero attached hydrogens (tertiary/aromatic N) is 4. The fourth-order valence-corrected chi connectivity index (χ4v) is 8.47. The monoisotopic (exact) mass is 846 g/mol. The fourth-order valence-electron chi connectivity index (χ4n) is 8.47. The van der Waals surface area contributed by atoms with E-state index in [0.717, 1.165) is 17.8 Å². The maximum Gasteiger partial charge on any atom is 0.329 e. The molecule has 61 heavy (non-hydrogen) atoms. The van der Waals surface area contributed by atoms with Crippen molar-refractivity contribution in [3.05, 3.63) is 59.7 Å². The molecule has 326 valence electrons. The summed E-state index contributed by atoms with van der Waals surface area (Å²) in [7, 11) is 3.69. The Morgan fingerprint density at radius 2 is 1.54 bits per heavy atom. The second-order valence-corrected chi connectivity index (χ2v) is 16.3. The van der Waals surface area contributed by atoms with Crippen molar-refractivity contribution in [2.24, 2.45) is 5.92 Å². The lowest BCUT2D eigenvalue weighted by Gasteiger charge is -2.39. The summed E-state index contributed by atoms with van der Waals surface area (Å²) in [5.74, 6) is -4.12. The Labute approximate surface area is 353 Å². The van der Waals surface area contributed by atoms with Crippen LogP contribution in [0.15, 0.2) is 42.5 Å². The smallest absolute Gasteiger partial charge is 0.329 e. The molecule has 4 saturated heterocycles. The number of hydrogen-bond donors (Lipinski definition) is 4. The van der Waals surface area contributed by atoms with E-state index >= 15 is 0 Å². The molecule has 4 fully saturated rings. The second kappa shape index (κ2) is 19.0. The molecular weight excluding hydrogens is 795 g/mol. The number of fused-ring (bicyclic) bond motifs is 3. The van der Waals surface area contributed by atoms with Crippen molar-refractivity contribution in [1.82, 2.24) is 30.7 Å². The van der Waals surface area contributed by atoms with Gasteiger partial charge < -0.3 is 45.6 Å². The number of piperidine rings is 1. The van der Waals surface area contributed by atoms with Crippen molar-refractivity contribution in [3.63, 3.8) is 0 Å². The number of carbonyl (C=O) groups excluding carboxylic acids is 7. The van der Waals surface area contributed by atoms with Gasteiger partial charge in [0.05, 0.1) is 0 Å². The summed E-state index contributed by atoms with van der Waals surface area (Å²) in [5.41, 5.74) is 1.23. The number of esters is 1. The first-order valence-corrected chi connectivity index (χ1v) is 20.5. The third-order valence-electron chi connectivity index (χ3n) is 11.7. The molecule has 7 amide bonds. The minimum absolute atomic E-state index is 0.00527. The summed E-state index contributed by atoms with van der Waals surface area (Å²) in [5, 5.41) is 10.5. The fraction of sp³-hybridized carbons (Fsp3) is 0.512. The standard InChI is InChI=1S/C43H52F2N8O8/c1-6-26-21-35-42(59)61-25(3)36(41(58)52-17-9-11-34(52)40(57)51-16-8-7-10-33(51)38(55)46-24(2)39(56)53(35)23-26)49-37(54)32(20-27-18-28(44)22-29(45)19-27)48-43(60)47-30-12-14-31(15-13-30)50(4)5/h1,12-15,18-19,22,24-26,32-36H,7-11,16-17,20-21,23H2,2-5H3,(H,46,55)(H,49,54)(H2,47,48,60)/t24-,25-,26+,32-,33-,34-,35-,36-/m0/s1. The average molecular weight is 847 g/mol. The maximum atomic E-state index is 14.7. The van der Waals surface area contributed by atoms with Gasteiger partial charge >= 0.3 is 12.0 Å². The number of halogens is 2. The number of terminal acetylenes is 1. The molecule has 2 aromatic carbocycles. The van der Waals surface area contributed by atoms with E-state index in [0.29, 0.717) is 37.4 Å². The lowest BCUT2D eigenvalue weighted by atomic mass is 9.99. The first-order valence-electron chi connectivity index (χ1n) is 20.5. The van der Waals surface area contributed by atoms with E-state index in [2.05, 4.69) is 27.2 Å². The number of nitrogens with one attached hydrogen (secondary N) is 4. The molecule has 6 rings (SSSR count). The van der Waals surface area contributed by atoms with Crippen molar-refractivity contribution in [2.45, 2.75) is 101 Å². The van der Waals surface area contributed by atoms with Gasteiger partial charge in [0, 0.05) is 63.5 Å². The van der Waals surface area contributed by atoms with Crippen molar-refractivity contribution < 1.29 is 47.1 Å². The van der Waals surface area contributed by atoms with Crippen molar-refractivity contribution in [3.8, 4) is 12.3 Å². The predicted octanol–water partition coefficient (Wildman–Crippen LogP) is 1.92. The molecule has 0 bridgehead atoms. The van der Waals surface area contributed by atoms with Crippen LogP contribution in [0.1, 0.15) is 57.9 Å². The molecule has 4 N–H and O–H groups in total. The number of carbonyl (C=O) groups is 7. The van der Waals surface area contributed by atoms with Crippen LogP contribution < -0.4 is 26.2 Å². The van der Waals surface area contributed by atoms with Gasteiger partial charge in [0.2, 0.25) is 29.5 Å². The Balaban J connectivity index is 1.34. The van der Waals surface area contributed by atoms with Crippen LogP contribution in [0.3, 0.4) is 0 Å². The van der Waals surface area contributed by atoms with Crippen molar-refractivity contribution in [1.29, 1.82) is 0 Å². The Hall–Kier alpha value is -6.25. The number of urea groups is 1. The lowest BCUT2D eigenvalue weighted by Crippen LogP contribution is -2.63. The lowest BCUT2D eigenvalue weighted by molar-refractivity contribution is -0.163. The van der Waals surface area contributed by atoms with Crippen LogP contribution in [-0.2, 0) is 39.9 Å². The summed E-state index contributed by atoms with van der Waals surface area (Å²) < 4.78 is 34.6. The summed E-state index contributed by atoms with van der Waals surface area (Å²) in [6.45, 7) is 3.17. The number of amides is 7. The average Bonchev–Trinajstić information content (AvgIpc) is 3.90. The summed E-state index contributed by atoms with van der Waals surface area (Å²) in [6, 6.07) is 1.11. The Morgan fingerprint density at radius 3 is 2.21 bits per heavy atom. The highest BCUT2D eigenvalue weighted by molar-refractivity contribution is 5.99. The summed E-state index contributed by atoms with van der Waals surface area (Å²) >= 11 is 0. The first kappa shape index (κ1) is 44.3. The van der Waals surface area contributed by atoms with Gasteiger partial charge in [0.15, 0.2) is 0 Å². The van der Waals surface area contributed by atoms with Gasteiger partial charge in [-0.2, -0.15) is 0 Å². The molecule has 8 atom stereocenters. The van der Waals surface area contributed by atoms with E-state index in [4.69, 9.17) is 11.2 Å². The van der Waals surface area contributed by atoms with E-state index < -0.39 is 108 Å². The summed E-state index contributed by atoms with van der Waals surface area (Å²) in [4.78, 5) is 104. The largest absolute Gasteiger partial charge is 0.458 e. The topological polar surface area (TPSA) is 190 Å². The zero-order valence-electron chi connectivity index (χ0n) is 34.6. The molecule has 4 aliphatic rings. The molecule has 16 nitrogen and oxygen atoms in total. The molecule has 0 spiro atoms. The third kappa shape index (κ3) is 10.2. The van der Waals surface area contributed by atoms with Crippen LogP contribution in [0.5, 0.6) is 0 Å². The van der Waals surface area contributed by atoms with E-state index in [-0.39, 0.29) is 38.0 Å². The molecule has 2 aromatic rings. The Morgan fingerprint density at radius 1 is 0.885 bits per heavy atom. The number of ether oxygens (including phenoxy) is 1. The molecule has 0 radical (unpaired) electrons. The van der Waals surface area contributed by atoms with Gasteiger partial charge in [0.1, 0.15) is 54.0 Å². The predicted molar refractivity (Wildman–Crippen MR) is 218 cm³/mol. The molecule has 4 heterocycles. The van der Waals surface area contributed by atoms with E-state index in [1.165, 1.54) is 28.5 Å². The first-order chi connectivity index (χ1) is 29.0. The normalized spacial score (nSPS) is 26.5. The number of benzene rings is 2. The molecule has 0 aliphatic carbocycles. The molecule has 0 saturated carbocycles. The minimum atomic E-state index is -1.67. The van der Waals surface area contributed by atoms with E-state index in [1.54, 1.807) is 24.3 Å². The molecule has 18 heteroatoms. The van der Waals surface area contributed by atoms with Crippen LogP contribution in [0.4, 0.5) is 25.0 Å². The van der Waals surface area contributed by atoms with Gasteiger partial charge in [-0.3, -0.25) is 24.0 Å². The van der Waals surface area contributed by atoms with Gasteiger partial charge in [-0.25, -0.2) is 18.4 Å².